The smallest absolute Gasteiger partial charge is 0.256 e. The molecular weight excluding hydrogens is 431 g/mol. The lowest BCUT2D eigenvalue weighted by molar-refractivity contribution is 0.0736. The molecule has 2 aromatic carbocycles. The zero-order chi connectivity index (χ0) is 23.7. The zero-order valence-corrected chi connectivity index (χ0v) is 19.3. The van der Waals surface area contributed by atoms with Crippen LogP contribution in [0.25, 0.3) is 16.6 Å². The van der Waals surface area contributed by atoms with Crippen LogP contribution in [0.4, 0.5) is 4.39 Å². The highest BCUT2D eigenvalue weighted by Crippen LogP contribution is 2.33. The zero-order valence-electron chi connectivity index (χ0n) is 19.3. The molecule has 34 heavy (non-hydrogen) atoms. The first-order valence-electron chi connectivity index (χ1n) is 11.4. The summed E-state index contributed by atoms with van der Waals surface area (Å²) in [7, 11) is 1.58. The number of aromatic nitrogens is 2. The van der Waals surface area contributed by atoms with Crippen LogP contribution in [0, 0.1) is 12.7 Å². The molecule has 1 aliphatic heterocycles. The second-order valence-corrected chi connectivity index (χ2v) is 8.48. The fraction of sp³-hybridized carbons (Fsp3) is 0.259. The minimum absolute atomic E-state index is 0.00183. The van der Waals surface area contributed by atoms with Crippen LogP contribution in [0.1, 0.15) is 27.2 Å². The van der Waals surface area contributed by atoms with E-state index in [-0.39, 0.29) is 11.7 Å². The molecule has 1 amide bonds. The summed E-state index contributed by atoms with van der Waals surface area (Å²) in [6.45, 7) is 4.63. The molecule has 0 aliphatic carbocycles. The number of piperazine rings is 1. The Hall–Kier alpha value is -3.71. The standard InChI is InChI=1S/C27H27FN4O2/c1-18-19(6-5-8-22(18)28)16-24-26(27(33)31-14-12-29-13-15-31)21-7-3-4-9-23(21)32(24)20-10-11-25(34-2)30-17-20/h3-11,17,29H,12-16H2,1-2H3. The largest absolute Gasteiger partial charge is 0.481 e. The Morgan fingerprint density at radius 2 is 1.88 bits per heavy atom. The summed E-state index contributed by atoms with van der Waals surface area (Å²) in [5.41, 5.74) is 4.66. The second kappa shape index (κ2) is 9.27. The van der Waals surface area contributed by atoms with Gasteiger partial charge < -0.3 is 19.5 Å². The van der Waals surface area contributed by atoms with E-state index >= 15 is 0 Å². The van der Waals surface area contributed by atoms with Crippen molar-refractivity contribution >= 4 is 16.8 Å². The van der Waals surface area contributed by atoms with Crippen molar-refractivity contribution in [2.24, 2.45) is 0 Å². The van der Waals surface area contributed by atoms with E-state index < -0.39 is 0 Å². The Balaban J connectivity index is 1.75. The molecule has 4 aromatic rings. The maximum Gasteiger partial charge on any atom is 0.256 e. The number of carbonyl (C=O) groups excluding carboxylic acids is 1. The highest BCUT2D eigenvalue weighted by atomic mass is 19.1. The van der Waals surface area contributed by atoms with Crippen molar-refractivity contribution in [3.8, 4) is 11.6 Å². The van der Waals surface area contributed by atoms with Crippen molar-refractivity contribution < 1.29 is 13.9 Å². The third-order valence-corrected chi connectivity index (χ3v) is 6.52. The SMILES string of the molecule is COc1ccc(-n2c(Cc3cccc(F)c3C)c(C(=O)N3CCNCC3)c3ccccc32)cn1. The van der Waals surface area contributed by atoms with Gasteiger partial charge in [0.05, 0.1) is 30.1 Å². The first-order valence-corrected chi connectivity index (χ1v) is 11.4. The van der Waals surface area contributed by atoms with Crippen molar-refractivity contribution in [3.63, 3.8) is 0 Å². The summed E-state index contributed by atoms with van der Waals surface area (Å²) in [5, 5.41) is 4.19. The predicted octanol–water partition coefficient (Wildman–Crippen LogP) is 4.12. The van der Waals surface area contributed by atoms with Gasteiger partial charge in [-0.15, -0.1) is 0 Å². The number of methoxy groups -OCH3 is 1. The Kier molecular flexibility index (Phi) is 6.02. The van der Waals surface area contributed by atoms with Crippen LogP contribution in [-0.2, 0) is 6.42 Å². The van der Waals surface area contributed by atoms with E-state index in [1.54, 1.807) is 32.4 Å². The van der Waals surface area contributed by atoms with Crippen molar-refractivity contribution in [2.45, 2.75) is 13.3 Å². The molecule has 1 fully saturated rings. The molecule has 3 heterocycles. The van der Waals surface area contributed by atoms with Crippen LogP contribution >= 0.6 is 0 Å². The molecule has 6 nitrogen and oxygen atoms in total. The van der Waals surface area contributed by atoms with Crippen LogP contribution in [0.2, 0.25) is 0 Å². The quantitative estimate of drug-likeness (QED) is 0.489. The molecule has 7 heteroatoms. The van der Waals surface area contributed by atoms with Gasteiger partial charge in [-0.1, -0.05) is 30.3 Å². The Morgan fingerprint density at radius 3 is 2.62 bits per heavy atom. The average Bonchev–Trinajstić information content (AvgIpc) is 3.20. The second-order valence-electron chi connectivity index (χ2n) is 8.48. The Bertz CT molecular complexity index is 1340. The van der Waals surface area contributed by atoms with E-state index in [4.69, 9.17) is 4.74 Å². The summed E-state index contributed by atoms with van der Waals surface area (Å²) in [6, 6.07) is 16.8. The number of halogens is 1. The molecule has 0 bridgehead atoms. The van der Waals surface area contributed by atoms with Crippen LogP contribution < -0.4 is 10.1 Å². The third-order valence-electron chi connectivity index (χ3n) is 6.52. The number of hydrogen-bond donors (Lipinski definition) is 1. The first-order chi connectivity index (χ1) is 16.6. The number of nitrogens with zero attached hydrogens (tertiary/aromatic N) is 3. The van der Waals surface area contributed by atoms with E-state index in [0.29, 0.717) is 36.5 Å². The van der Waals surface area contributed by atoms with Gasteiger partial charge in [0, 0.05) is 49.7 Å². The predicted molar refractivity (Wildman–Crippen MR) is 130 cm³/mol. The molecule has 1 saturated heterocycles. The van der Waals surface area contributed by atoms with Crippen molar-refractivity contribution in [3.05, 3.63) is 89.0 Å². The molecule has 0 atom stereocenters. The van der Waals surface area contributed by atoms with E-state index in [2.05, 4.69) is 14.9 Å². The number of fused-ring (bicyclic) bond motifs is 1. The Labute approximate surface area is 198 Å². The summed E-state index contributed by atoms with van der Waals surface area (Å²) in [4.78, 5) is 20.2. The van der Waals surface area contributed by atoms with Gasteiger partial charge in [0.15, 0.2) is 0 Å². The topological polar surface area (TPSA) is 59.4 Å². The minimum atomic E-state index is -0.249. The molecule has 0 radical (unpaired) electrons. The molecule has 174 valence electrons. The molecule has 5 rings (SSSR count). The lowest BCUT2D eigenvalue weighted by Gasteiger charge is -2.28. The van der Waals surface area contributed by atoms with Crippen LogP contribution in [0.3, 0.4) is 0 Å². The molecule has 1 N–H and O–H groups in total. The van der Waals surface area contributed by atoms with E-state index in [1.807, 2.05) is 41.3 Å². The number of amides is 1. The van der Waals surface area contributed by atoms with Crippen molar-refractivity contribution in [2.75, 3.05) is 33.3 Å². The number of rotatable bonds is 5. The van der Waals surface area contributed by atoms with E-state index in [1.165, 1.54) is 6.07 Å². The van der Waals surface area contributed by atoms with Gasteiger partial charge in [-0.05, 0) is 36.2 Å². The molecule has 0 unspecified atom stereocenters. The molecular formula is C27H27FN4O2. The van der Waals surface area contributed by atoms with Crippen molar-refractivity contribution in [1.29, 1.82) is 0 Å². The summed E-state index contributed by atoms with van der Waals surface area (Å²) in [5.74, 6) is 0.267. The monoisotopic (exact) mass is 458 g/mol. The number of carbonyl (C=O) groups is 1. The number of para-hydroxylation sites is 1. The van der Waals surface area contributed by atoms with Crippen molar-refractivity contribution in [1.82, 2.24) is 19.8 Å². The van der Waals surface area contributed by atoms with Crippen LogP contribution in [-0.4, -0.2) is 53.6 Å². The van der Waals surface area contributed by atoms with Gasteiger partial charge in [0.1, 0.15) is 5.82 Å². The Morgan fingerprint density at radius 1 is 1.09 bits per heavy atom. The molecule has 1 aliphatic rings. The van der Waals surface area contributed by atoms with Crippen LogP contribution in [0.15, 0.2) is 60.8 Å². The van der Waals surface area contributed by atoms with Crippen LogP contribution in [0.5, 0.6) is 5.88 Å². The summed E-state index contributed by atoms with van der Waals surface area (Å²) < 4.78 is 21.7. The molecule has 0 spiro atoms. The highest BCUT2D eigenvalue weighted by Gasteiger charge is 2.28. The van der Waals surface area contributed by atoms with E-state index in [0.717, 1.165) is 40.9 Å². The fourth-order valence-electron chi connectivity index (χ4n) is 4.67. The lowest BCUT2D eigenvalue weighted by Crippen LogP contribution is -2.46. The number of pyridine rings is 1. The molecule has 2 aromatic heterocycles. The minimum Gasteiger partial charge on any atom is -0.481 e. The highest BCUT2D eigenvalue weighted by molar-refractivity contribution is 6.09. The maximum atomic E-state index is 14.4. The summed E-state index contributed by atoms with van der Waals surface area (Å²) in [6.07, 6.45) is 2.16. The fourth-order valence-corrected chi connectivity index (χ4v) is 4.67. The number of ether oxygens (including phenoxy) is 1. The van der Waals surface area contributed by atoms with Gasteiger partial charge >= 0.3 is 0 Å². The van der Waals surface area contributed by atoms with E-state index in [9.17, 15) is 9.18 Å². The maximum absolute atomic E-state index is 14.4. The van der Waals surface area contributed by atoms with Gasteiger partial charge in [-0.3, -0.25) is 4.79 Å². The third kappa shape index (κ3) is 3.92. The van der Waals surface area contributed by atoms with Gasteiger partial charge in [0.2, 0.25) is 5.88 Å². The number of hydrogen-bond acceptors (Lipinski definition) is 4. The number of benzene rings is 2. The lowest BCUT2D eigenvalue weighted by atomic mass is 9.99. The van der Waals surface area contributed by atoms with Gasteiger partial charge in [0.25, 0.3) is 5.91 Å². The molecule has 0 saturated carbocycles. The normalized spacial score (nSPS) is 13.9. The van der Waals surface area contributed by atoms with Gasteiger partial charge in [-0.25, -0.2) is 9.37 Å². The first kappa shape index (κ1) is 22.1. The summed E-state index contributed by atoms with van der Waals surface area (Å²) >= 11 is 0. The van der Waals surface area contributed by atoms with Gasteiger partial charge in [-0.2, -0.15) is 0 Å². The number of nitrogens with one attached hydrogen (secondary N) is 1. The average molecular weight is 459 g/mol.